The maximum atomic E-state index is 11.8. The second-order valence-corrected chi connectivity index (χ2v) is 9.04. The maximum absolute atomic E-state index is 11.8. The van der Waals surface area contributed by atoms with Gasteiger partial charge in [0.05, 0.1) is 5.75 Å². The molecule has 2 amide bonds. The van der Waals surface area contributed by atoms with Crippen LogP contribution in [0.25, 0.3) is 0 Å². The van der Waals surface area contributed by atoms with Crippen molar-refractivity contribution in [2.24, 2.45) is 17.3 Å². The average molecular weight is 315 g/mol. The van der Waals surface area contributed by atoms with Crippen LogP contribution in [0, 0.1) is 17.3 Å². The van der Waals surface area contributed by atoms with E-state index in [2.05, 4.69) is 10.6 Å². The SMILES string of the molecule is CCS(=O)(=O)N1CC(CNC(=O)NCC2(C3CC3)CC2)C1. The fourth-order valence-electron chi connectivity index (χ4n) is 3.20. The summed E-state index contributed by atoms with van der Waals surface area (Å²) in [4.78, 5) is 11.8. The number of hydrogen-bond acceptors (Lipinski definition) is 3. The molecule has 120 valence electrons. The van der Waals surface area contributed by atoms with Gasteiger partial charge in [-0.2, -0.15) is 0 Å². The van der Waals surface area contributed by atoms with E-state index in [1.54, 1.807) is 6.92 Å². The van der Waals surface area contributed by atoms with Crippen LogP contribution in [0.5, 0.6) is 0 Å². The molecule has 1 heterocycles. The van der Waals surface area contributed by atoms with Crippen molar-refractivity contribution in [2.75, 3.05) is 31.9 Å². The highest BCUT2D eigenvalue weighted by atomic mass is 32.2. The van der Waals surface area contributed by atoms with Gasteiger partial charge in [-0.05, 0) is 43.9 Å². The summed E-state index contributed by atoms with van der Waals surface area (Å²) in [6.45, 7) is 4.06. The van der Waals surface area contributed by atoms with Gasteiger partial charge in [-0.3, -0.25) is 0 Å². The van der Waals surface area contributed by atoms with E-state index in [0.717, 1.165) is 12.5 Å². The molecule has 2 aliphatic carbocycles. The van der Waals surface area contributed by atoms with Crippen LogP contribution in [-0.4, -0.2) is 50.7 Å². The second kappa shape index (κ2) is 5.43. The summed E-state index contributed by atoms with van der Waals surface area (Å²) in [5.41, 5.74) is 0.416. The van der Waals surface area contributed by atoms with Crippen molar-refractivity contribution in [1.82, 2.24) is 14.9 Å². The van der Waals surface area contributed by atoms with Gasteiger partial charge >= 0.3 is 6.03 Å². The second-order valence-electron chi connectivity index (χ2n) is 6.78. The molecule has 0 spiro atoms. The Kier molecular flexibility index (Phi) is 3.90. The minimum Gasteiger partial charge on any atom is -0.338 e. The molecule has 7 heteroatoms. The van der Waals surface area contributed by atoms with Gasteiger partial charge in [0.1, 0.15) is 0 Å². The molecular weight excluding hydrogens is 290 g/mol. The number of carbonyl (C=O) groups is 1. The monoisotopic (exact) mass is 315 g/mol. The first kappa shape index (κ1) is 15.1. The van der Waals surface area contributed by atoms with Crippen molar-refractivity contribution in [2.45, 2.75) is 32.6 Å². The predicted molar refractivity (Wildman–Crippen MR) is 80.3 cm³/mol. The van der Waals surface area contributed by atoms with Crippen LogP contribution in [0.4, 0.5) is 4.79 Å². The zero-order chi connectivity index (χ0) is 15.1. The fourth-order valence-corrected chi connectivity index (χ4v) is 4.44. The van der Waals surface area contributed by atoms with Gasteiger partial charge < -0.3 is 10.6 Å². The zero-order valence-electron chi connectivity index (χ0n) is 12.6. The molecule has 21 heavy (non-hydrogen) atoms. The Labute approximate surface area is 126 Å². The molecule has 2 N–H and O–H groups in total. The highest BCUT2D eigenvalue weighted by Crippen LogP contribution is 2.60. The van der Waals surface area contributed by atoms with Crippen molar-refractivity contribution >= 4 is 16.1 Å². The smallest absolute Gasteiger partial charge is 0.314 e. The largest absolute Gasteiger partial charge is 0.338 e. The normalized spacial score (nSPS) is 25.2. The number of amides is 2. The number of nitrogens with one attached hydrogen (secondary N) is 2. The van der Waals surface area contributed by atoms with E-state index < -0.39 is 10.0 Å². The Morgan fingerprint density at radius 1 is 1.24 bits per heavy atom. The van der Waals surface area contributed by atoms with Gasteiger partial charge in [-0.15, -0.1) is 0 Å². The number of rotatable bonds is 7. The third-order valence-corrected chi connectivity index (χ3v) is 6.98. The van der Waals surface area contributed by atoms with E-state index in [-0.39, 0.29) is 17.7 Å². The molecule has 0 unspecified atom stereocenters. The lowest BCUT2D eigenvalue weighted by Gasteiger charge is -2.37. The summed E-state index contributed by atoms with van der Waals surface area (Å²) in [6, 6.07) is -0.112. The molecule has 6 nitrogen and oxygen atoms in total. The van der Waals surface area contributed by atoms with Crippen molar-refractivity contribution < 1.29 is 13.2 Å². The number of urea groups is 1. The number of sulfonamides is 1. The molecule has 0 atom stereocenters. The van der Waals surface area contributed by atoms with Gasteiger partial charge in [-0.25, -0.2) is 17.5 Å². The molecule has 3 fully saturated rings. The van der Waals surface area contributed by atoms with Gasteiger partial charge in [0.2, 0.25) is 10.0 Å². The number of carbonyl (C=O) groups excluding carboxylic acids is 1. The van der Waals surface area contributed by atoms with Crippen LogP contribution < -0.4 is 10.6 Å². The lowest BCUT2D eigenvalue weighted by Crippen LogP contribution is -2.55. The zero-order valence-corrected chi connectivity index (χ0v) is 13.4. The fraction of sp³-hybridized carbons (Fsp3) is 0.929. The maximum Gasteiger partial charge on any atom is 0.314 e. The number of nitrogens with zero attached hydrogens (tertiary/aromatic N) is 1. The highest BCUT2D eigenvalue weighted by molar-refractivity contribution is 7.89. The van der Waals surface area contributed by atoms with Gasteiger partial charge in [0, 0.05) is 32.1 Å². The van der Waals surface area contributed by atoms with Gasteiger partial charge in [0.25, 0.3) is 0 Å². The number of hydrogen-bond donors (Lipinski definition) is 2. The van der Waals surface area contributed by atoms with Crippen molar-refractivity contribution in [3.8, 4) is 0 Å². The van der Waals surface area contributed by atoms with E-state index >= 15 is 0 Å². The summed E-state index contributed by atoms with van der Waals surface area (Å²) in [7, 11) is -3.05. The van der Waals surface area contributed by atoms with E-state index in [0.29, 0.717) is 25.0 Å². The van der Waals surface area contributed by atoms with Crippen LogP contribution in [0.15, 0.2) is 0 Å². The predicted octanol–water partition coefficient (Wildman–Crippen LogP) is 0.757. The van der Waals surface area contributed by atoms with E-state index in [1.165, 1.54) is 30.0 Å². The molecular formula is C14H25N3O3S. The van der Waals surface area contributed by atoms with Gasteiger partial charge in [-0.1, -0.05) is 0 Å². The molecule has 1 aliphatic heterocycles. The average Bonchev–Trinajstić information content (AvgIpc) is 3.25. The summed E-state index contributed by atoms with van der Waals surface area (Å²) >= 11 is 0. The van der Waals surface area contributed by atoms with E-state index in [1.807, 2.05) is 0 Å². The first-order valence-corrected chi connectivity index (χ1v) is 9.56. The third-order valence-electron chi connectivity index (χ3n) is 5.17. The quantitative estimate of drug-likeness (QED) is 0.728. The Morgan fingerprint density at radius 3 is 2.43 bits per heavy atom. The topological polar surface area (TPSA) is 78.5 Å². The molecule has 0 aromatic carbocycles. The molecule has 1 saturated heterocycles. The first-order valence-electron chi connectivity index (χ1n) is 7.95. The Balaban J connectivity index is 1.31. The minimum atomic E-state index is -3.05. The standard InChI is InChI=1S/C14H25N3O3S/c1-2-21(19,20)17-8-11(9-17)7-15-13(18)16-10-14(5-6-14)12-3-4-12/h11-12H,2-10H2,1H3,(H2,15,16,18). The van der Waals surface area contributed by atoms with Crippen LogP contribution in [0.2, 0.25) is 0 Å². The highest BCUT2D eigenvalue weighted by Gasteiger charge is 2.53. The van der Waals surface area contributed by atoms with Crippen LogP contribution in [0.3, 0.4) is 0 Å². The molecule has 0 bridgehead atoms. The Morgan fingerprint density at radius 2 is 1.90 bits per heavy atom. The molecule has 0 radical (unpaired) electrons. The minimum absolute atomic E-state index is 0.112. The Bertz CT molecular complexity index is 506. The molecule has 3 aliphatic rings. The van der Waals surface area contributed by atoms with Crippen LogP contribution >= 0.6 is 0 Å². The van der Waals surface area contributed by atoms with E-state index in [9.17, 15) is 13.2 Å². The Hall–Kier alpha value is -0.820. The summed E-state index contributed by atoms with van der Waals surface area (Å²) in [6.07, 6.45) is 5.16. The summed E-state index contributed by atoms with van der Waals surface area (Å²) in [5, 5.41) is 5.84. The van der Waals surface area contributed by atoms with Crippen molar-refractivity contribution in [3.63, 3.8) is 0 Å². The lowest BCUT2D eigenvalue weighted by atomic mass is 10.0. The van der Waals surface area contributed by atoms with Crippen LogP contribution in [0.1, 0.15) is 32.6 Å². The lowest BCUT2D eigenvalue weighted by molar-refractivity contribution is 0.192. The van der Waals surface area contributed by atoms with Crippen molar-refractivity contribution in [1.29, 1.82) is 0 Å². The first-order chi connectivity index (χ1) is 9.95. The molecule has 0 aromatic rings. The van der Waals surface area contributed by atoms with Crippen LogP contribution in [-0.2, 0) is 10.0 Å². The summed E-state index contributed by atoms with van der Waals surface area (Å²) < 4.78 is 24.7. The molecule has 0 aromatic heterocycles. The molecule has 3 rings (SSSR count). The summed E-state index contributed by atoms with van der Waals surface area (Å²) in [5.74, 6) is 1.24. The third kappa shape index (κ3) is 3.34. The molecule has 2 saturated carbocycles. The van der Waals surface area contributed by atoms with E-state index in [4.69, 9.17) is 0 Å². The van der Waals surface area contributed by atoms with Crippen molar-refractivity contribution in [3.05, 3.63) is 0 Å². The van der Waals surface area contributed by atoms with Gasteiger partial charge in [0.15, 0.2) is 0 Å².